The Balaban J connectivity index is 1.88. The highest BCUT2D eigenvalue weighted by atomic mass is 32.2. The van der Waals surface area contributed by atoms with Crippen LogP contribution in [0, 0.1) is 5.92 Å². The molecule has 2 aromatic heterocycles. The summed E-state index contributed by atoms with van der Waals surface area (Å²) in [6.45, 7) is 6.16. The third kappa shape index (κ3) is 4.92. The molecule has 100 valence electrons. The van der Waals surface area contributed by atoms with Gasteiger partial charge in [0, 0.05) is 36.9 Å². The molecule has 0 fully saturated rings. The quantitative estimate of drug-likeness (QED) is 0.815. The van der Waals surface area contributed by atoms with Crippen molar-refractivity contribution in [2.45, 2.75) is 30.7 Å². The number of rotatable bonds is 6. The Labute approximate surface area is 117 Å². The largest absolute Gasteiger partial charge is 0.312 e. The Kier molecular flexibility index (Phi) is 5.23. The molecular weight excluding hydrogens is 258 g/mol. The summed E-state index contributed by atoms with van der Waals surface area (Å²) in [7, 11) is 0. The van der Waals surface area contributed by atoms with E-state index in [1.165, 1.54) is 11.8 Å². The van der Waals surface area contributed by atoms with Crippen molar-refractivity contribution < 1.29 is 0 Å². The van der Waals surface area contributed by atoms with Crippen molar-refractivity contribution in [3.8, 4) is 0 Å². The molecule has 1 N–H and O–H groups in total. The highest BCUT2D eigenvalue weighted by Gasteiger charge is 2.03. The van der Waals surface area contributed by atoms with Crippen LogP contribution < -0.4 is 5.32 Å². The zero-order chi connectivity index (χ0) is 13.5. The predicted molar refractivity (Wildman–Crippen MR) is 74.7 cm³/mol. The Hall–Kier alpha value is -1.53. The van der Waals surface area contributed by atoms with Crippen molar-refractivity contribution in [3.63, 3.8) is 0 Å². The lowest BCUT2D eigenvalue weighted by Crippen LogP contribution is -2.19. The zero-order valence-electron chi connectivity index (χ0n) is 11.1. The van der Waals surface area contributed by atoms with Gasteiger partial charge in [0.1, 0.15) is 0 Å². The first kappa shape index (κ1) is 13.9. The van der Waals surface area contributed by atoms with Crippen molar-refractivity contribution in [2.24, 2.45) is 5.92 Å². The van der Waals surface area contributed by atoms with Crippen LogP contribution in [0.4, 0.5) is 0 Å². The van der Waals surface area contributed by atoms with Gasteiger partial charge >= 0.3 is 0 Å². The highest BCUT2D eigenvalue weighted by Crippen LogP contribution is 2.19. The fraction of sp³-hybridized carbons (Fsp3) is 0.385. The minimum atomic E-state index is 0.644. The monoisotopic (exact) mass is 275 g/mol. The molecule has 2 heterocycles. The Morgan fingerprint density at radius 2 is 1.68 bits per heavy atom. The molecule has 2 rings (SSSR count). The van der Waals surface area contributed by atoms with E-state index in [1.54, 1.807) is 18.5 Å². The van der Waals surface area contributed by atoms with Gasteiger partial charge in [-0.25, -0.2) is 19.9 Å². The van der Waals surface area contributed by atoms with Crippen LogP contribution in [0.15, 0.2) is 41.2 Å². The minimum Gasteiger partial charge on any atom is -0.312 e. The molecular formula is C13H17N5S. The summed E-state index contributed by atoms with van der Waals surface area (Å²) < 4.78 is 0. The van der Waals surface area contributed by atoms with Crippen molar-refractivity contribution in [3.05, 3.63) is 36.4 Å². The molecule has 0 atom stereocenters. The van der Waals surface area contributed by atoms with E-state index in [2.05, 4.69) is 39.1 Å². The van der Waals surface area contributed by atoms with Gasteiger partial charge in [-0.15, -0.1) is 0 Å². The lowest BCUT2D eigenvalue weighted by molar-refractivity contribution is 0.550. The fourth-order valence-corrected chi connectivity index (χ4v) is 2.01. The lowest BCUT2D eigenvalue weighted by atomic mass is 10.2. The van der Waals surface area contributed by atoms with Crippen LogP contribution in [0.5, 0.6) is 0 Å². The number of nitrogens with one attached hydrogen (secondary N) is 1. The summed E-state index contributed by atoms with van der Waals surface area (Å²) in [5.41, 5.74) is 1.08. The van der Waals surface area contributed by atoms with Gasteiger partial charge in [-0.2, -0.15) is 0 Å². The average Bonchev–Trinajstić information content (AvgIpc) is 2.42. The Bertz CT molecular complexity index is 486. The van der Waals surface area contributed by atoms with Crippen LogP contribution in [0.3, 0.4) is 0 Å². The maximum atomic E-state index is 4.30. The Morgan fingerprint density at radius 3 is 2.32 bits per heavy atom. The van der Waals surface area contributed by atoms with Crippen molar-refractivity contribution in [2.75, 3.05) is 6.54 Å². The summed E-state index contributed by atoms with van der Waals surface area (Å²) in [5, 5.41) is 4.68. The van der Waals surface area contributed by atoms with Gasteiger partial charge in [-0.1, -0.05) is 13.8 Å². The van der Waals surface area contributed by atoms with E-state index in [0.717, 1.165) is 18.7 Å². The first-order chi connectivity index (χ1) is 9.24. The molecule has 0 radical (unpaired) electrons. The second-order valence-corrected chi connectivity index (χ2v) is 5.47. The van der Waals surface area contributed by atoms with Crippen LogP contribution in [-0.4, -0.2) is 26.5 Å². The molecule has 5 nitrogen and oxygen atoms in total. The second kappa shape index (κ2) is 7.16. The topological polar surface area (TPSA) is 63.6 Å². The van der Waals surface area contributed by atoms with Crippen LogP contribution >= 0.6 is 11.8 Å². The van der Waals surface area contributed by atoms with E-state index in [4.69, 9.17) is 0 Å². The molecule has 0 amide bonds. The molecule has 0 aliphatic rings. The highest BCUT2D eigenvalue weighted by molar-refractivity contribution is 7.99. The number of hydrogen-bond acceptors (Lipinski definition) is 6. The molecule has 0 saturated heterocycles. The van der Waals surface area contributed by atoms with Crippen LogP contribution in [0.1, 0.15) is 19.4 Å². The summed E-state index contributed by atoms with van der Waals surface area (Å²) >= 11 is 1.36. The van der Waals surface area contributed by atoms with Gasteiger partial charge in [0.05, 0.1) is 0 Å². The van der Waals surface area contributed by atoms with Crippen LogP contribution in [0.25, 0.3) is 0 Å². The maximum absolute atomic E-state index is 4.30. The van der Waals surface area contributed by atoms with Gasteiger partial charge in [-0.3, -0.25) is 0 Å². The number of nitrogens with zero attached hydrogens (tertiary/aromatic N) is 4. The Morgan fingerprint density at radius 1 is 1.05 bits per heavy atom. The zero-order valence-corrected chi connectivity index (χ0v) is 11.9. The molecule has 0 unspecified atom stereocenters. The number of aromatic nitrogens is 4. The number of hydrogen-bond donors (Lipinski definition) is 1. The third-order valence-corrected chi connectivity index (χ3v) is 3.07. The standard InChI is InChI=1S/C13H17N5S/c1-10(2)6-14-7-11-8-17-13(18-9-11)19-12-15-4-3-5-16-12/h3-5,8-10,14H,6-7H2,1-2H3. The molecule has 0 aliphatic carbocycles. The molecule has 0 aliphatic heterocycles. The molecule has 0 aromatic carbocycles. The van der Waals surface area contributed by atoms with E-state index in [1.807, 2.05) is 12.4 Å². The van der Waals surface area contributed by atoms with Crippen molar-refractivity contribution in [1.29, 1.82) is 0 Å². The summed E-state index contributed by atoms with van der Waals surface area (Å²) in [4.78, 5) is 16.9. The first-order valence-electron chi connectivity index (χ1n) is 6.20. The van der Waals surface area contributed by atoms with Gasteiger partial charge in [0.15, 0.2) is 10.3 Å². The van der Waals surface area contributed by atoms with E-state index in [9.17, 15) is 0 Å². The summed E-state index contributed by atoms with van der Waals surface area (Å²) in [5.74, 6) is 0.644. The second-order valence-electron chi connectivity index (χ2n) is 4.53. The SMILES string of the molecule is CC(C)CNCc1cnc(Sc2ncccn2)nc1. The average molecular weight is 275 g/mol. The van der Waals surface area contributed by atoms with E-state index < -0.39 is 0 Å². The van der Waals surface area contributed by atoms with Gasteiger partial charge < -0.3 is 5.32 Å². The van der Waals surface area contributed by atoms with Crippen molar-refractivity contribution >= 4 is 11.8 Å². The smallest absolute Gasteiger partial charge is 0.195 e. The van der Waals surface area contributed by atoms with E-state index in [0.29, 0.717) is 16.2 Å². The fourth-order valence-electron chi connectivity index (χ4n) is 1.41. The van der Waals surface area contributed by atoms with E-state index >= 15 is 0 Å². The molecule has 0 saturated carbocycles. The van der Waals surface area contributed by atoms with Gasteiger partial charge in [0.2, 0.25) is 0 Å². The maximum Gasteiger partial charge on any atom is 0.195 e. The molecule has 19 heavy (non-hydrogen) atoms. The normalized spacial score (nSPS) is 10.9. The first-order valence-corrected chi connectivity index (χ1v) is 7.02. The third-order valence-electron chi connectivity index (χ3n) is 2.29. The van der Waals surface area contributed by atoms with Crippen LogP contribution in [0.2, 0.25) is 0 Å². The summed E-state index contributed by atoms with van der Waals surface area (Å²) in [6.07, 6.45) is 7.09. The molecule has 2 aromatic rings. The molecule has 0 bridgehead atoms. The predicted octanol–water partition coefficient (Wildman–Crippen LogP) is 2.16. The lowest BCUT2D eigenvalue weighted by Gasteiger charge is -2.06. The van der Waals surface area contributed by atoms with E-state index in [-0.39, 0.29) is 0 Å². The molecule has 0 spiro atoms. The van der Waals surface area contributed by atoms with Crippen LogP contribution in [-0.2, 0) is 6.54 Å². The summed E-state index contributed by atoms with van der Waals surface area (Å²) in [6, 6.07) is 1.79. The van der Waals surface area contributed by atoms with Gasteiger partial charge in [-0.05, 0) is 30.3 Å². The minimum absolute atomic E-state index is 0.644. The van der Waals surface area contributed by atoms with Crippen molar-refractivity contribution in [1.82, 2.24) is 25.3 Å². The molecule has 6 heteroatoms. The van der Waals surface area contributed by atoms with Gasteiger partial charge in [0.25, 0.3) is 0 Å².